The summed E-state index contributed by atoms with van der Waals surface area (Å²) >= 11 is 0. The van der Waals surface area contributed by atoms with Crippen LogP contribution in [-0.4, -0.2) is 84.4 Å². The number of carbonyl (C=O) groups excluding carboxylic acids is 2. The molecule has 7 heteroatoms. The molecule has 7 atom stereocenters. The minimum absolute atomic E-state index is 0.0207. The Morgan fingerprint density at radius 3 is 2.27 bits per heavy atom. The molecule has 4 fully saturated rings. The van der Waals surface area contributed by atoms with Crippen LogP contribution in [0.15, 0.2) is 60.3 Å². The molecule has 0 aromatic rings. The molecule has 0 aromatic carbocycles. The van der Waals surface area contributed by atoms with E-state index < -0.39 is 0 Å². The van der Waals surface area contributed by atoms with Crippen molar-refractivity contribution in [3.63, 3.8) is 0 Å². The molecule has 266 valence electrons. The van der Waals surface area contributed by atoms with E-state index in [-0.39, 0.29) is 54.7 Å². The number of ether oxygens (including phenoxy) is 3. The fourth-order valence-corrected chi connectivity index (χ4v) is 8.27. The van der Waals surface area contributed by atoms with Crippen LogP contribution in [0, 0.1) is 11.8 Å². The number of allylic oxidation sites excluding steroid dienone is 6. The standard InChI is InChI=1S/C41H62N2O5/c1-4-33-27-37-29-36-15-13-14-35(46-36)26-31(2)18-19-32(3)39(48-41(45)30-38(28-33)47-37)16-9-6-5-7-10-17-40(44)43-24-20-34(21-25-43)42-22-11-8-12-23-42/h4-7,9-10,16,18-19,31-32,34-39H,8,11-15,17,20-30H2,1-3H3. The third-order valence-electron chi connectivity index (χ3n) is 11.1. The van der Waals surface area contributed by atoms with Crippen molar-refractivity contribution in [1.29, 1.82) is 0 Å². The lowest BCUT2D eigenvalue weighted by molar-refractivity contribution is -0.154. The van der Waals surface area contributed by atoms with Crippen molar-refractivity contribution in [3.8, 4) is 0 Å². The first-order valence-corrected chi connectivity index (χ1v) is 19.2. The number of esters is 1. The molecule has 0 N–H and O–H groups in total. The van der Waals surface area contributed by atoms with E-state index in [9.17, 15) is 9.59 Å². The highest BCUT2D eigenvalue weighted by atomic mass is 16.5. The summed E-state index contributed by atoms with van der Waals surface area (Å²) in [6, 6.07) is 0.651. The number of cyclic esters (lactones) is 1. The van der Waals surface area contributed by atoms with Crippen LogP contribution in [0.3, 0.4) is 0 Å². The summed E-state index contributed by atoms with van der Waals surface area (Å²) in [5.41, 5.74) is 1.36. The fourth-order valence-electron chi connectivity index (χ4n) is 8.27. The maximum atomic E-state index is 13.3. The van der Waals surface area contributed by atoms with Crippen molar-refractivity contribution in [2.24, 2.45) is 11.8 Å². The second-order valence-corrected chi connectivity index (χ2v) is 15.0. The van der Waals surface area contributed by atoms with Crippen LogP contribution in [-0.2, 0) is 23.8 Å². The van der Waals surface area contributed by atoms with Gasteiger partial charge in [-0.1, -0.05) is 74.4 Å². The highest BCUT2D eigenvalue weighted by Crippen LogP contribution is 2.33. The van der Waals surface area contributed by atoms with Crippen LogP contribution in [0.4, 0.5) is 0 Å². The Hall–Kier alpha value is -2.48. The molecule has 5 rings (SSSR count). The minimum Gasteiger partial charge on any atom is -0.457 e. The van der Waals surface area contributed by atoms with E-state index in [1.807, 2.05) is 41.4 Å². The van der Waals surface area contributed by atoms with Crippen LogP contribution in [0.25, 0.3) is 0 Å². The zero-order valence-corrected chi connectivity index (χ0v) is 30.0. The summed E-state index contributed by atoms with van der Waals surface area (Å²) in [7, 11) is 0. The zero-order valence-electron chi connectivity index (χ0n) is 30.0. The predicted octanol–water partition coefficient (Wildman–Crippen LogP) is 7.88. The first-order valence-electron chi connectivity index (χ1n) is 19.2. The molecule has 4 saturated heterocycles. The Bertz CT molecular complexity index is 1180. The van der Waals surface area contributed by atoms with Gasteiger partial charge in [0.05, 0.1) is 30.8 Å². The van der Waals surface area contributed by atoms with Crippen molar-refractivity contribution in [2.75, 3.05) is 26.2 Å². The second-order valence-electron chi connectivity index (χ2n) is 15.0. The molecule has 48 heavy (non-hydrogen) atoms. The normalized spacial score (nSPS) is 34.7. The fraction of sp³-hybridized carbons (Fsp3) is 0.707. The van der Waals surface area contributed by atoms with Gasteiger partial charge in [-0.2, -0.15) is 0 Å². The molecule has 4 bridgehead atoms. The summed E-state index contributed by atoms with van der Waals surface area (Å²) in [5, 5.41) is 0. The molecule has 0 aromatic heterocycles. The molecule has 0 spiro atoms. The minimum atomic E-state index is -0.382. The first kappa shape index (κ1) is 36.8. The van der Waals surface area contributed by atoms with Gasteiger partial charge in [-0.25, -0.2) is 0 Å². The summed E-state index contributed by atoms with van der Waals surface area (Å²) in [4.78, 5) is 30.7. The highest BCUT2D eigenvalue weighted by molar-refractivity contribution is 5.77. The summed E-state index contributed by atoms with van der Waals surface area (Å²) in [5.74, 6) is 0.391. The Balaban J connectivity index is 1.14. The highest BCUT2D eigenvalue weighted by Gasteiger charge is 2.33. The average Bonchev–Trinajstić information content (AvgIpc) is 3.09. The van der Waals surface area contributed by atoms with E-state index in [0.717, 1.165) is 64.5 Å². The molecule has 7 unspecified atom stereocenters. The molecule has 0 radical (unpaired) electrons. The van der Waals surface area contributed by atoms with Gasteiger partial charge in [0, 0.05) is 37.9 Å². The van der Waals surface area contributed by atoms with E-state index in [1.165, 1.54) is 44.3 Å². The van der Waals surface area contributed by atoms with Crippen LogP contribution in [0.1, 0.15) is 111 Å². The van der Waals surface area contributed by atoms with E-state index in [0.29, 0.717) is 18.4 Å². The predicted molar refractivity (Wildman–Crippen MR) is 192 cm³/mol. The van der Waals surface area contributed by atoms with E-state index in [2.05, 4.69) is 43.9 Å². The number of amides is 1. The molecule has 5 aliphatic rings. The van der Waals surface area contributed by atoms with Gasteiger partial charge >= 0.3 is 5.97 Å². The number of carbonyl (C=O) groups is 2. The topological polar surface area (TPSA) is 68.3 Å². The van der Waals surface area contributed by atoms with Crippen molar-refractivity contribution in [1.82, 2.24) is 9.80 Å². The van der Waals surface area contributed by atoms with E-state index in [1.54, 1.807) is 0 Å². The zero-order chi connectivity index (χ0) is 33.7. The van der Waals surface area contributed by atoms with Crippen molar-refractivity contribution < 1.29 is 23.8 Å². The van der Waals surface area contributed by atoms with Crippen LogP contribution < -0.4 is 0 Å². The summed E-state index contributed by atoms with van der Waals surface area (Å²) in [6.45, 7) is 10.6. The van der Waals surface area contributed by atoms with Crippen molar-refractivity contribution >= 4 is 11.9 Å². The van der Waals surface area contributed by atoms with Crippen LogP contribution in [0.2, 0.25) is 0 Å². The number of nitrogens with zero attached hydrogens (tertiary/aromatic N) is 2. The van der Waals surface area contributed by atoms with Gasteiger partial charge in [-0.05, 0) is 96.2 Å². The van der Waals surface area contributed by atoms with Crippen LogP contribution in [0.5, 0.6) is 0 Å². The summed E-state index contributed by atoms with van der Waals surface area (Å²) in [6.07, 6.45) is 32.2. The van der Waals surface area contributed by atoms with Gasteiger partial charge in [-0.15, -0.1) is 0 Å². The van der Waals surface area contributed by atoms with Gasteiger partial charge in [0.1, 0.15) is 6.10 Å². The largest absolute Gasteiger partial charge is 0.457 e. The number of hydrogen-bond acceptors (Lipinski definition) is 6. The number of hydrogen-bond donors (Lipinski definition) is 0. The van der Waals surface area contributed by atoms with Gasteiger partial charge in [0.15, 0.2) is 0 Å². The summed E-state index contributed by atoms with van der Waals surface area (Å²) < 4.78 is 19.2. The van der Waals surface area contributed by atoms with Crippen molar-refractivity contribution in [3.05, 3.63) is 60.3 Å². The lowest BCUT2D eigenvalue weighted by atomic mass is 9.90. The molecular formula is C41H62N2O5. The maximum absolute atomic E-state index is 13.3. The monoisotopic (exact) mass is 662 g/mol. The Kier molecular flexibility index (Phi) is 14.6. The van der Waals surface area contributed by atoms with E-state index in [4.69, 9.17) is 14.2 Å². The third-order valence-corrected chi connectivity index (χ3v) is 11.1. The molecule has 1 amide bonds. The van der Waals surface area contributed by atoms with Gasteiger partial charge < -0.3 is 24.0 Å². The van der Waals surface area contributed by atoms with Crippen LogP contribution >= 0.6 is 0 Å². The molecule has 5 aliphatic heterocycles. The second kappa shape index (κ2) is 19.1. The maximum Gasteiger partial charge on any atom is 0.309 e. The number of likely N-dealkylation sites (tertiary alicyclic amines) is 2. The molecular weight excluding hydrogens is 600 g/mol. The molecule has 0 aliphatic carbocycles. The quantitative estimate of drug-likeness (QED) is 0.164. The first-order chi connectivity index (χ1) is 23.4. The van der Waals surface area contributed by atoms with Crippen molar-refractivity contribution in [2.45, 2.75) is 147 Å². The van der Waals surface area contributed by atoms with Gasteiger partial charge in [0.25, 0.3) is 0 Å². The molecule has 5 heterocycles. The van der Waals surface area contributed by atoms with Gasteiger partial charge in [-0.3, -0.25) is 9.59 Å². The molecule has 7 nitrogen and oxygen atoms in total. The average molecular weight is 663 g/mol. The van der Waals surface area contributed by atoms with E-state index >= 15 is 0 Å². The number of piperidine rings is 2. The van der Waals surface area contributed by atoms with Gasteiger partial charge in [0.2, 0.25) is 5.91 Å². The lowest BCUT2D eigenvalue weighted by Crippen LogP contribution is -2.48. The Labute approximate surface area is 290 Å². The SMILES string of the molecule is CC=C1CC2CC(=O)OC(C=CC=CC=CCC(=O)N3CCC(N4CCCCC4)CC3)C(C)C=CC(C)CC3CCCC(CC(C1)O2)O3. The Morgan fingerprint density at radius 1 is 0.792 bits per heavy atom. The number of rotatable bonds is 6. The third kappa shape index (κ3) is 11.6. The smallest absolute Gasteiger partial charge is 0.309 e. The number of fused-ring (bicyclic) bond motifs is 4. The Morgan fingerprint density at radius 2 is 1.50 bits per heavy atom. The molecule has 0 saturated carbocycles. The lowest BCUT2D eigenvalue weighted by Gasteiger charge is -2.40.